The van der Waals surface area contributed by atoms with Gasteiger partial charge in [-0.25, -0.2) is 4.68 Å². The fourth-order valence-corrected chi connectivity index (χ4v) is 1.70. The molecule has 0 aliphatic carbocycles. The zero-order valence-corrected chi connectivity index (χ0v) is 10.3. The Labute approximate surface area is 100 Å². The highest BCUT2D eigenvalue weighted by molar-refractivity contribution is 5.92. The summed E-state index contributed by atoms with van der Waals surface area (Å²) in [5.41, 5.74) is 3.65. The minimum atomic E-state index is -0.0438. The molecule has 2 aromatic rings. The summed E-state index contributed by atoms with van der Waals surface area (Å²) in [6.07, 6.45) is 0. The van der Waals surface area contributed by atoms with E-state index >= 15 is 0 Å². The van der Waals surface area contributed by atoms with Crippen molar-refractivity contribution < 1.29 is 4.79 Å². The molecule has 0 aliphatic heterocycles. The zero-order valence-electron chi connectivity index (χ0n) is 10.3. The molecule has 0 spiro atoms. The van der Waals surface area contributed by atoms with Crippen molar-refractivity contribution >= 4 is 5.78 Å². The van der Waals surface area contributed by atoms with Crippen LogP contribution in [0.5, 0.6) is 0 Å². The number of hydrogen-bond donors (Lipinski definition) is 0. The highest BCUT2D eigenvalue weighted by atomic mass is 16.1. The van der Waals surface area contributed by atoms with Crippen LogP contribution in [-0.4, -0.2) is 20.8 Å². The van der Waals surface area contributed by atoms with Gasteiger partial charge in [0.2, 0.25) is 0 Å². The Kier molecular flexibility index (Phi) is 3.04. The molecule has 0 saturated carbocycles. The van der Waals surface area contributed by atoms with Gasteiger partial charge in [0.25, 0.3) is 0 Å². The summed E-state index contributed by atoms with van der Waals surface area (Å²) in [6.45, 7) is 6.07. The maximum absolute atomic E-state index is 11.3. The number of Topliss-reactive ketones (excluding diaryl/α,β-unsaturated/α-hetero) is 1. The lowest BCUT2D eigenvalue weighted by Gasteiger charge is -2.04. The quantitative estimate of drug-likeness (QED) is 0.758. The van der Waals surface area contributed by atoms with E-state index in [2.05, 4.69) is 41.5 Å². The normalized spacial score (nSPS) is 10.5. The number of nitrogens with zero attached hydrogens (tertiary/aromatic N) is 3. The third-order valence-electron chi connectivity index (χ3n) is 2.77. The molecular weight excluding hydrogens is 214 g/mol. The van der Waals surface area contributed by atoms with Gasteiger partial charge in [0, 0.05) is 6.92 Å². The van der Waals surface area contributed by atoms with Crippen molar-refractivity contribution in [2.24, 2.45) is 0 Å². The van der Waals surface area contributed by atoms with E-state index in [1.807, 2.05) is 6.92 Å². The van der Waals surface area contributed by atoms with Crippen LogP contribution >= 0.6 is 0 Å². The summed E-state index contributed by atoms with van der Waals surface area (Å²) in [6, 6.07) is 8.24. The molecule has 0 amide bonds. The average molecular weight is 229 g/mol. The van der Waals surface area contributed by atoms with E-state index in [0.29, 0.717) is 12.2 Å². The van der Waals surface area contributed by atoms with Crippen molar-refractivity contribution in [3.63, 3.8) is 0 Å². The van der Waals surface area contributed by atoms with Crippen LogP contribution in [0.2, 0.25) is 0 Å². The molecule has 0 aliphatic rings. The molecule has 1 aromatic carbocycles. The predicted molar refractivity (Wildman–Crippen MR) is 65.0 cm³/mol. The van der Waals surface area contributed by atoms with Crippen molar-refractivity contribution in [1.82, 2.24) is 15.0 Å². The van der Waals surface area contributed by atoms with E-state index in [4.69, 9.17) is 0 Å². The molecule has 4 heteroatoms. The van der Waals surface area contributed by atoms with Gasteiger partial charge in [-0.1, -0.05) is 35.0 Å². The van der Waals surface area contributed by atoms with Gasteiger partial charge in [0.1, 0.15) is 0 Å². The van der Waals surface area contributed by atoms with Crippen LogP contribution in [0.25, 0.3) is 0 Å². The maximum atomic E-state index is 11.3. The first-order valence-electron chi connectivity index (χ1n) is 5.54. The summed E-state index contributed by atoms with van der Waals surface area (Å²) in [7, 11) is 0. The summed E-state index contributed by atoms with van der Waals surface area (Å²) < 4.78 is 1.75. The predicted octanol–water partition coefficient (Wildman–Crippen LogP) is 2.15. The second-order valence-corrected chi connectivity index (χ2v) is 4.22. The van der Waals surface area contributed by atoms with E-state index in [1.165, 1.54) is 12.5 Å². The van der Waals surface area contributed by atoms with Crippen LogP contribution < -0.4 is 0 Å². The third kappa shape index (κ3) is 2.41. The Morgan fingerprint density at radius 2 is 1.88 bits per heavy atom. The molecule has 1 aromatic heterocycles. The topological polar surface area (TPSA) is 47.8 Å². The molecule has 0 saturated heterocycles. The molecule has 1 heterocycles. The summed E-state index contributed by atoms with van der Waals surface area (Å²) in [5.74, 6) is -0.0438. The summed E-state index contributed by atoms with van der Waals surface area (Å²) in [4.78, 5) is 11.3. The molecule has 88 valence electrons. The molecule has 0 radical (unpaired) electrons. The molecule has 17 heavy (non-hydrogen) atoms. The fourth-order valence-electron chi connectivity index (χ4n) is 1.70. The van der Waals surface area contributed by atoms with Gasteiger partial charge in [-0.3, -0.25) is 4.79 Å². The summed E-state index contributed by atoms with van der Waals surface area (Å²) in [5, 5.41) is 7.89. The van der Waals surface area contributed by atoms with Crippen molar-refractivity contribution in [3.8, 4) is 0 Å². The van der Waals surface area contributed by atoms with Crippen LogP contribution in [-0.2, 0) is 6.54 Å². The van der Waals surface area contributed by atoms with E-state index in [0.717, 1.165) is 11.3 Å². The van der Waals surface area contributed by atoms with E-state index in [-0.39, 0.29) is 5.78 Å². The first-order chi connectivity index (χ1) is 8.08. The number of ketones is 1. The highest BCUT2D eigenvalue weighted by Crippen LogP contribution is 2.09. The Morgan fingerprint density at radius 1 is 1.24 bits per heavy atom. The second-order valence-electron chi connectivity index (χ2n) is 4.22. The average Bonchev–Trinajstić information content (AvgIpc) is 2.64. The van der Waals surface area contributed by atoms with E-state index < -0.39 is 0 Å². The largest absolute Gasteiger partial charge is 0.293 e. The van der Waals surface area contributed by atoms with Crippen molar-refractivity contribution in [1.29, 1.82) is 0 Å². The van der Waals surface area contributed by atoms with Crippen LogP contribution in [0.1, 0.15) is 34.2 Å². The first kappa shape index (κ1) is 11.5. The second kappa shape index (κ2) is 4.49. The van der Waals surface area contributed by atoms with Crippen LogP contribution in [0, 0.1) is 13.8 Å². The smallest absolute Gasteiger partial charge is 0.181 e. The Bertz CT molecular complexity index is 540. The molecule has 2 rings (SSSR count). The molecule has 0 fully saturated rings. The van der Waals surface area contributed by atoms with Gasteiger partial charge in [0.05, 0.1) is 12.2 Å². The minimum Gasteiger partial charge on any atom is -0.293 e. The van der Waals surface area contributed by atoms with Crippen LogP contribution in [0.4, 0.5) is 0 Å². The fraction of sp³-hybridized carbons (Fsp3) is 0.308. The number of carbonyl (C=O) groups is 1. The Morgan fingerprint density at radius 3 is 2.41 bits per heavy atom. The Balaban J connectivity index is 2.24. The lowest BCUT2D eigenvalue weighted by Crippen LogP contribution is -2.05. The van der Waals surface area contributed by atoms with Gasteiger partial charge in [0.15, 0.2) is 11.5 Å². The Hall–Kier alpha value is -1.97. The van der Waals surface area contributed by atoms with Gasteiger partial charge in [-0.05, 0) is 19.4 Å². The molecular formula is C13H15N3O. The van der Waals surface area contributed by atoms with Gasteiger partial charge < -0.3 is 0 Å². The number of rotatable bonds is 3. The van der Waals surface area contributed by atoms with Crippen molar-refractivity contribution in [2.75, 3.05) is 0 Å². The van der Waals surface area contributed by atoms with Crippen LogP contribution in [0.15, 0.2) is 24.3 Å². The molecule has 0 N–H and O–H groups in total. The minimum absolute atomic E-state index is 0.0438. The molecule has 4 nitrogen and oxygen atoms in total. The molecule has 0 unspecified atom stereocenters. The first-order valence-corrected chi connectivity index (χ1v) is 5.54. The number of aryl methyl sites for hydroxylation is 1. The number of benzene rings is 1. The lowest BCUT2D eigenvalue weighted by molar-refractivity contribution is 0.101. The number of hydrogen-bond acceptors (Lipinski definition) is 3. The monoisotopic (exact) mass is 229 g/mol. The maximum Gasteiger partial charge on any atom is 0.181 e. The number of carbonyl (C=O) groups excluding carboxylic acids is 1. The van der Waals surface area contributed by atoms with Crippen molar-refractivity contribution in [2.45, 2.75) is 27.3 Å². The van der Waals surface area contributed by atoms with Crippen molar-refractivity contribution in [3.05, 3.63) is 46.8 Å². The zero-order chi connectivity index (χ0) is 12.4. The molecule has 0 bridgehead atoms. The van der Waals surface area contributed by atoms with Gasteiger partial charge in [-0.2, -0.15) is 0 Å². The van der Waals surface area contributed by atoms with E-state index in [1.54, 1.807) is 4.68 Å². The van der Waals surface area contributed by atoms with Gasteiger partial charge >= 0.3 is 0 Å². The number of aromatic nitrogens is 3. The third-order valence-corrected chi connectivity index (χ3v) is 2.77. The molecule has 0 atom stereocenters. The van der Waals surface area contributed by atoms with Crippen LogP contribution in [0.3, 0.4) is 0 Å². The standard InChI is InChI=1S/C13H15N3O/c1-9-4-6-12(7-5-9)8-16-10(2)13(11(3)17)14-15-16/h4-7H,8H2,1-3H3. The highest BCUT2D eigenvalue weighted by Gasteiger charge is 2.12. The van der Waals surface area contributed by atoms with E-state index in [9.17, 15) is 4.79 Å². The summed E-state index contributed by atoms with van der Waals surface area (Å²) >= 11 is 0. The van der Waals surface area contributed by atoms with Gasteiger partial charge in [-0.15, -0.1) is 5.10 Å². The lowest BCUT2D eigenvalue weighted by atomic mass is 10.1. The SMILES string of the molecule is CC(=O)c1nnn(Cc2ccc(C)cc2)c1C.